The number of ether oxygens (including phenoxy) is 1. The third kappa shape index (κ3) is 3.95. The zero-order valence-corrected chi connectivity index (χ0v) is 10.5. The molecule has 0 bridgehead atoms. The van der Waals surface area contributed by atoms with Crippen LogP contribution in [0.4, 0.5) is 22.4 Å². The van der Waals surface area contributed by atoms with Crippen molar-refractivity contribution in [1.82, 2.24) is 5.32 Å². The molecule has 1 amide bonds. The van der Waals surface area contributed by atoms with Gasteiger partial charge >= 0.3 is 6.09 Å². The Bertz CT molecular complexity index is 653. The number of carbonyl (C=O) groups excluding carboxylic acids is 1. The van der Waals surface area contributed by atoms with Crippen LogP contribution in [0.1, 0.15) is 5.56 Å². The van der Waals surface area contributed by atoms with Crippen molar-refractivity contribution in [2.24, 2.45) is 0 Å². The van der Waals surface area contributed by atoms with Crippen molar-refractivity contribution in [3.05, 3.63) is 65.2 Å². The van der Waals surface area contributed by atoms with Crippen molar-refractivity contribution in [2.45, 2.75) is 6.54 Å². The summed E-state index contributed by atoms with van der Waals surface area (Å²) in [6.45, 7) is -0.276. The number of hydrogen-bond acceptors (Lipinski definition) is 2. The van der Waals surface area contributed by atoms with Crippen molar-refractivity contribution in [3.8, 4) is 5.75 Å². The molecule has 3 nitrogen and oxygen atoms in total. The Labute approximate surface area is 117 Å². The minimum absolute atomic E-state index is 0.0163. The third-order valence-electron chi connectivity index (χ3n) is 2.49. The molecule has 0 aromatic heterocycles. The Kier molecular flexibility index (Phi) is 4.42. The first-order chi connectivity index (χ1) is 9.95. The van der Waals surface area contributed by atoms with Crippen molar-refractivity contribution >= 4 is 6.09 Å². The molecular weight excluding hydrogens is 290 g/mol. The highest BCUT2D eigenvalue weighted by Gasteiger charge is 2.11. The predicted octanol–water partition coefficient (Wildman–Crippen LogP) is 3.53. The van der Waals surface area contributed by atoms with Crippen LogP contribution >= 0.6 is 0 Å². The number of rotatable bonds is 3. The minimum Gasteiger partial charge on any atom is -0.410 e. The van der Waals surface area contributed by atoms with Crippen LogP contribution in [0.2, 0.25) is 0 Å². The fraction of sp³-hybridized carbons (Fsp3) is 0.0714. The van der Waals surface area contributed by atoms with Crippen LogP contribution in [0.5, 0.6) is 5.75 Å². The normalized spacial score (nSPS) is 10.3. The summed E-state index contributed by atoms with van der Waals surface area (Å²) in [5.41, 5.74) is 0.0163. The molecule has 0 unspecified atom stereocenters. The second kappa shape index (κ2) is 6.25. The minimum atomic E-state index is -1.58. The van der Waals surface area contributed by atoms with E-state index in [1.165, 1.54) is 18.2 Å². The fourth-order valence-electron chi connectivity index (χ4n) is 1.56. The maximum atomic E-state index is 13.0. The molecule has 0 aliphatic heterocycles. The highest BCUT2D eigenvalue weighted by Crippen LogP contribution is 2.14. The molecule has 21 heavy (non-hydrogen) atoms. The molecule has 2 aromatic rings. The molecule has 0 heterocycles. The van der Waals surface area contributed by atoms with Gasteiger partial charge in [-0.15, -0.1) is 0 Å². The van der Waals surface area contributed by atoms with Crippen LogP contribution in [0.25, 0.3) is 0 Å². The summed E-state index contributed by atoms with van der Waals surface area (Å²) in [4.78, 5) is 11.4. The lowest BCUT2D eigenvalue weighted by Crippen LogP contribution is -2.26. The molecule has 0 saturated heterocycles. The van der Waals surface area contributed by atoms with Crippen molar-refractivity contribution in [3.63, 3.8) is 0 Å². The van der Waals surface area contributed by atoms with E-state index in [0.29, 0.717) is 0 Å². The van der Waals surface area contributed by atoms with Gasteiger partial charge < -0.3 is 10.1 Å². The Balaban J connectivity index is 1.95. The van der Waals surface area contributed by atoms with Gasteiger partial charge in [0.15, 0.2) is 17.5 Å². The first-order valence-corrected chi connectivity index (χ1v) is 5.80. The molecule has 7 heteroatoms. The maximum Gasteiger partial charge on any atom is 0.412 e. The largest absolute Gasteiger partial charge is 0.412 e. The number of benzene rings is 2. The molecule has 0 fully saturated rings. The van der Waals surface area contributed by atoms with Gasteiger partial charge in [-0.25, -0.2) is 22.4 Å². The Morgan fingerprint density at radius 3 is 2.33 bits per heavy atom. The molecule has 0 saturated carbocycles. The molecule has 0 aliphatic rings. The average Bonchev–Trinajstić information content (AvgIpc) is 2.42. The monoisotopic (exact) mass is 299 g/mol. The van der Waals surface area contributed by atoms with Crippen molar-refractivity contribution in [1.29, 1.82) is 0 Å². The fourth-order valence-corrected chi connectivity index (χ4v) is 1.56. The van der Waals surface area contributed by atoms with E-state index in [0.717, 1.165) is 18.2 Å². The topological polar surface area (TPSA) is 38.3 Å². The van der Waals surface area contributed by atoms with Crippen LogP contribution in [-0.4, -0.2) is 6.09 Å². The first-order valence-electron chi connectivity index (χ1n) is 5.80. The van der Waals surface area contributed by atoms with E-state index < -0.39 is 29.4 Å². The SMILES string of the molecule is O=C(NCc1cc(F)c(F)c(F)c1)Oc1cccc(F)c1. The summed E-state index contributed by atoms with van der Waals surface area (Å²) >= 11 is 0. The Hall–Kier alpha value is -2.57. The lowest BCUT2D eigenvalue weighted by atomic mass is 10.2. The van der Waals surface area contributed by atoms with Gasteiger partial charge in [-0.1, -0.05) is 6.07 Å². The number of nitrogens with one attached hydrogen (secondary N) is 1. The van der Waals surface area contributed by atoms with Gasteiger partial charge in [-0.2, -0.15) is 0 Å². The summed E-state index contributed by atoms with van der Waals surface area (Å²) in [5, 5.41) is 2.20. The van der Waals surface area contributed by atoms with Crippen LogP contribution in [0.15, 0.2) is 36.4 Å². The van der Waals surface area contributed by atoms with Gasteiger partial charge in [0.2, 0.25) is 0 Å². The smallest absolute Gasteiger partial charge is 0.410 e. The van der Waals surface area contributed by atoms with Crippen LogP contribution in [0, 0.1) is 23.3 Å². The molecule has 0 spiro atoms. The van der Waals surface area contributed by atoms with E-state index in [-0.39, 0.29) is 17.9 Å². The Morgan fingerprint density at radius 1 is 1.05 bits per heavy atom. The molecule has 0 aliphatic carbocycles. The number of amides is 1. The molecule has 0 atom stereocenters. The van der Waals surface area contributed by atoms with E-state index >= 15 is 0 Å². The van der Waals surface area contributed by atoms with Gasteiger partial charge in [-0.3, -0.25) is 0 Å². The highest BCUT2D eigenvalue weighted by molar-refractivity contribution is 5.70. The molecule has 1 N–H and O–H groups in total. The standard InChI is InChI=1S/C14H9F4NO2/c15-9-2-1-3-10(6-9)21-14(20)19-7-8-4-11(16)13(18)12(17)5-8/h1-6H,7H2,(H,19,20). The maximum absolute atomic E-state index is 13.0. The van der Waals surface area contributed by atoms with E-state index in [1.807, 2.05) is 0 Å². The second-order valence-electron chi connectivity index (χ2n) is 4.07. The zero-order chi connectivity index (χ0) is 15.4. The van der Waals surface area contributed by atoms with Crippen molar-refractivity contribution < 1.29 is 27.1 Å². The first kappa shape index (κ1) is 14.8. The van der Waals surface area contributed by atoms with Gasteiger partial charge in [0.25, 0.3) is 0 Å². The highest BCUT2D eigenvalue weighted by atomic mass is 19.2. The quantitative estimate of drug-likeness (QED) is 0.695. The van der Waals surface area contributed by atoms with Crippen LogP contribution in [0.3, 0.4) is 0 Å². The molecular formula is C14H9F4NO2. The zero-order valence-electron chi connectivity index (χ0n) is 10.5. The van der Waals surface area contributed by atoms with Gasteiger partial charge in [0.1, 0.15) is 11.6 Å². The van der Waals surface area contributed by atoms with E-state index in [4.69, 9.17) is 4.74 Å². The predicted molar refractivity (Wildman–Crippen MR) is 65.6 cm³/mol. The van der Waals surface area contributed by atoms with Crippen LogP contribution < -0.4 is 10.1 Å². The third-order valence-corrected chi connectivity index (χ3v) is 2.49. The van der Waals surface area contributed by atoms with Crippen molar-refractivity contribution in [2.75, 3.05) is 0 Å². The number of halogens is 4. The second-order valence-corrected chi connectivity index (χ2v) is 4.07. The van der Waals surface area contributed by atoms with Crippen LogP contribution in [-0.2, 0) is 6.54 Å². The summed E-state index contributed by atoms with van der Waals surface area (Å²) in [6.07, 6.45) is -0.939. The molecule has 0 radical (unpaired) electrons. The summed E-state index contributed by atoms with van der Waals surface area (Å²) in [7, 11) is 0. The Morgan fingerprint density at radius 2 is 1.71 bits per heavy atom. The van der Waals surface area contributed by atoms with Gasteiger partial charge in [0.05, 0.1) is 0 Å². The number of carbonyl (C=O) groups is 1. The summed E-state index contributed by atoms with van der Waals surface area (Å²) in [6, 6.07) is 6.38. The van der Waals surface area contributed by atoms with E-state index in [9.17, 15) is 22.4 Å². The summed E-state index contributed by atoms with van der Waals surface area (Å²) < 4.78 is 56.3. The lowest BCUT2D eigenvalue weighted by molar-refractivity contribution is 0.200. The lowest BCUT2D eigenvalue weighted by Gasteiger charge is -2.07. The van der Waals surface area contributed by atoms with E-state index in [1.54, 1.807) is 0 Å². The average molecular weight is 299 g/mol. The van der Waals surface area contributed by atoms with E-state index in [2.05, 4.69) is 5.32 Å². The molecule has 2 rings (SSSR count). The van der Waals surface area contributed by atoms with Gasteiger partial charge in [-0.05, 0) is 29.8 Å². The summed E-state index contributed by atoms with van der Waals surface area (Å²) in [5.74, 6) is -4.90. The number of hydrogen-bond donors (Lipinski definition) is 1. The molecule has 110 valence electrons. The molecule has 2 aromatic carbocycles. The van der Waals surface area contributed by atoms with Gasteiger partial charge in [0, 0.05) is 12.6 Å².